The Kier molecular flexibility index (Phi) is 2.78. The lowest BCUT2D eigenvalue weighted by Crippen LogP contribution is -1.79. The van der Waals surface area contributed by atoms with Crippen LogP contribution in [0.4, 0.5) is 0 Å². The summed E-state index contributed by atoms with van der Waals surface area (Å²) in [6.07, 6.45) is 11.7. The standard InChI is InChI=1S/C8H9Br/c9-7-6-8-4-2-1-3-5-8/h1-4,6H,5,7H2. The first-order valence-corrected chi connectivity index (χ1v) is 4.14. The summed E-state index contributed by atoms with van der Waals surface area (Å²) < 4.78 is 0. The van der Waals surface area contributed by atoms with Crippen molar-refractivity contribution in [2.45, 2.75) is 6.42 Å². The van der Waals surface area contributed by atoms with Gasteiger partial charge in [0.15, 0.2) is 0 Å². The van der Waals surface area contributed by atoms with Crippen LogP contribution in [0.15, 0.2) is 36.0 Å². The van der Waals surface area contributed by atoms with Crippen LogP contribution < -0.4 is 0 Å². The molecule has 0 N–H and O–H groups in total. The highest BCUT2D eigenvalue weighted by Crippen LogP contribution is 2.09. The maximum Gasteiger partial charge on any atom is 0.0217 e. The molecule has 1 rings (SSSR count). The van der Waals surface area contributed by atoms with Crippen molar-refractivity contribution >= 4 is 15.9 Å². The van der Waals surface area contributed by atoms with Gasteiger partial charge in [-0.15, -0.1) is 0 Å². The van der Waals surface area contributed by atoms with Gasteiger partial charge in [0.05, 0.1) is 0 Å². The molecule has 0 atom stereocenters. The number of rotatable bonds is 1. The van der Waals surface area contributed by atoms with Gasteiger partial charge >= 0.3 is 0 Å². The monoisotopic (exact) mass is 184 g/mol. The lowest BCUT2D eigenvalue weighted by atomic mass is 10.1. The van der Waals surface area contributed by atoms with E-state index in [2.05, 4.69) is 46.3 Å². The van der Waals surface area contributed by atoms with Crippen molar-refractivity contribution in [1.82, 2.24) is 0 Å². The van der Waals surface area contributed by atoms with Crippen LogP contribution in [-0.4, -0.2) is 5.33 Å². The molecule has 0 saturated carbocycles. The normalized spacial score (nSPS) is 21.2. The van der Waals surface area contributed by atoms with Gasteiger partial charge < -0.3 is 0 Å². The van der Waals surface area contributed by atoms with E-state index in [1.807, 2.05) is 0 Å². The predicted octanol–water partition coefficient (Wildman–Crippen LogP) is 2.82. The van der Waals surface area contributed by atoms with Gasteiger partial charge in [0.2, 0.25) is 0 Å². The van der Waals surface area contributed by atoms with Gasteiger partial charge in [-0.05, 0) is 12.0 Å². The number of allylic oxidation sites excluding steroid dienone is 6. The Balaban J connectivity index is 2.55. The van der Waals surface area contributed by atoms with Gasteiger partial charge in [-0.3, -0.25) is 0 Å². The molecule has 0 bridgehead atoms. The lowest BCUT2D eigenvalue weighted by Gasteiger charge is -1.98. The molecule has 0 fully saturated rings. The Labute approximate surface area is 64.1 Å². The SMILES string of the molecule is BrCC=C1C=CC=CC1. The van der Waals surface area contributed by atoms with Crippen molar-refractivity contribution in [3.05, 3.63) is 36.0 Å². The summed E-state index contributed by atoms with van der Waals surface area (Å²) >= 11 is 3.35. The van der Waals surface area contributed by atoms with E-state index >= 15 is 0 Å². The summed E-state index contributed by atoms with van der Waals surface area (Å²) in [5.74, 6) is 0. The lowest BCUT2D eigenvalue weighted by molar-refractivity contribution is 1.25. The van der Waals surface area contributed by atoms with Crippen molar-refractivity contribution < 1.29 is 0 Å². The molecule has 0 saturated heterocycles. The van der Waals surface area contributed by atoms with Gasteiger partial charge in [0, 0.05) is 5.33 Å². The third-order valence-electron chi connectivity index (χ3n) is 1.25. The van der Waals surface area contributed by atoms with Crippen molar-refractivity contribution in [2.75, 3.05) is 5.33 Å². The molecular weight excluding hydrogens is 176 g/mol. The molecule has 1 heteroatoms. The van der Waals surface area contributed by atoms with E-state index in [1.165, 1.54) is 5.57 Å². The second-order valence-corrected chi connectivity index (χ2v) is 2.57. The number of alkyl halides is 1. The summed E-state index contributed by atoms with van der Waals surface area (Å²) in [7, 11) is 0. The molecule has 0 amide bonds. The Hall–Kier alpha value is -0.300. The predicted molar refractivity (Wildman–Crippen MR) is 44.8 cm³/mol. The topological polar surface area (TPSA) is 0 Å². The molecule has 0 aromatic heterocycles. The Morgan fingerprint density at radius 3 is 3.00 bits per heavy atom. The quantitative estimate of drug-likeness (QED) is 0.551. The number of hydrogen-bond donors (Lipinski definition) is 0. The summed E-state index contributed by atoms with van der Waals surface area (Å²) in [5, 5.41) is 0.959. The molecule has 0 nitrogen and oxygen atoms in total. The average molecular weight is 185 g/mol. The van der Waals surface area contributed by atoms with Crippen LogP contribution in [0.2, 0.25) is 0 Å². The molecule has 0 unspecified atom stereocenters. The summed E-state index contributed by atoms with van der Waals surface area (Å²) in [6, 6.07) is 0. The molecule has 9 heavy (non-hydrogen) atoms. The Morgan fingerprint density at radius 1 is 1.56 bits per heavy atom. The molecule has 1 aliphatic carbocycles. The van der Waals surface area contributed by atoms with E-state index in [4.69, 9.17) is 0 Å². The number of halogens is 1. The molecule has 0 heterocycles. The van der Waals surface area contributed by atoms with Crippen LogP contribution in [0, 0.1) is 0 Å². The van der Waals surface area contributed by atoms with Gasteiger partial charge in [0.1, 0.15) is 0 Å². The third-order valence-corrected chi connectivity index (χ3v) is 1.57. The highest BCUT2D eigenvalue weighted by molar-refractivity contribution is 9.09. The van der Waals surface area contributed by atoms with Crippen molar-refractivity contribution in [2.24, 2.45) is 0 Å². The zero-order chi connectivity index (χ0) is 6.53. The fourth-order valence-corrected chi connectivity index (χ4v) is 1.20. The minimum absolute atomic E-state index is 0.959. The van der Waals surface area contributed by atoms with E-state index in [1.54, 1.807) is 0 Å². The van der Waals surface area contributed by atoms with E-state index in [0.717, 1.165) is 11.8 Å². The second-order valence-electron chi connectivity index (χ2n) is 1.92. The van der Waals surface area contributed by atoms with Crippen LogP contribution in [0.1, 0.15) is 6.42 Å². The van der Waals surface area contributed by atoms with Crippen LogP contribution in [0.3, 0.4) is 0 Å². The molecule has 0 aromatic rings. The molecule has 0 spiro atoms. The van der Waals surface area contributed by atoms with Crippen LogP contribution >= 0.6 is 15.9 Å². The first-order chi connectivity index (χ1) is 4.43. The minimum Gasteiger partial charge on any atom is -0.0883 e. The maximum atomic E-state index is 3.35. The van der Waals surface area contributed by atoms with E-state index in [0.29, 0.717) is 0 Å². The summed E-state index contributed by atoms with van der Waals surface area (Å²) in [6.45, 7) is 0. The molecule has 48 valence electrons. The molecule has 1 aliphatic rings. The zero-order valence-electron chi connectivity index (χ0n) is 5.18. The van der Waals surface area contributed by atoms with E-state index in [9.17, 15) is 0 Å². The number of hydrogen-bond acceptors (Lipinski definition) is 0. The van der Waals surface area contributed by atoms with Crippen LogP contribution in [0.5, 0.6) is 0 Å². The third kappa shape index (κ3) is 2.19. The maximum absolute atomic E-state index is 3.35. The van der Waals surface area contributed by atoms with Gasteiger partial charge in [-0.25, -0.2) is 0 Å². The fourth-order valence-electron chi connectivity index (χ4n) is 0.780. The summed E-state index contributed by atoms with van der Waals surface area (Å²) in [4.78, 5) is 0. The van der Waals surface area contributed by atoms with Crippen molar-refractivity contribution in [1.29, 1.82) is 0 Å². The van der Waals surface area contributed by atoms with E-state index in [-0.39, 0.29) is 0 Å². The van der Waals surface area contributed by atoms with Gasteiger partial charge in [-0.2, -0.15) is 0 Å². The minimum atomic E-state index is 0.959. The zero-order valence-corrected chi connectivity index (χ0v) is 6.76. The molecule has 0 radical (unpaired) electrons. The highest BCUT2D eigenvalue weighted by Gasteiger charge is 1.89. The summed E-state index contributed by atoms with van der Waals surface area (Å²) in [5.41, 5.74) is 1.40. The Morgan fingerprint density at radius 2 is 2.44 bits per heavy atom. The molecular formula is C8H9Br. The van der Waals surface area contributed by atoms with Gasteiger partial charge in [0.25, 0.3) is 0 Å². The van der Waals surface area contributed by atoms with Crippen LogP contribution in [-0.2, 0) is 0 Å². The highest BCUT2D eigenvalue weighted by atomic mass is 79.9. The van der Waals surface area contributed by atoms with Gasteiger partial charge in [-0.1, -0.05) is 46.3 Å². The largest absolute Gasteiger partial charge is 0.0883 e. The first-order valence-electron chi connectivity index (χ1n) is 3.01. The van der Waals surface area contributed by atoms with Crippen molar-refractivity contribution in [3.8, 4) is 0 Å². The molecule has 0 aromatic carbocycles. The smallest absolute Gasteiger partial charge is 0.0217 e. The second kappa shape index (κ2) is 3.67. The molecule has 0 aliphatic heterocycles. The van der Waals surface area contributed by atoms with Crippen molar-refractivity contribution in [3.63, 3.8) is 0 Å². The van der Waals surface area contributed by atoms with E-state index < -0.39 is 0 Å². The fraction of sp³-hybridized carbons (Fsp3) is 0.250. The first kappa shape index (κ1) is 6.81. The average Bonchev–Trinajstić information content (AvgIpc) is 1.91. The Bertz CT molecular complexity index is 163. The van der Waals surface area contributed by atoms with Crippen LogP contribution in [0.25, 0.3) is 0 Å².